The van der Waals surface area contributed by atoms with Crippen molar-refractivity contribution in [2.45, 2.75) is 6.42 Å². The van der Waals surface area contributed by atoms with Crippen LogP contribution in [-0.2, 0) is 4.79 Å². The number of nitrogens with zero attached hydrogens (tertiary/aromatic N) is 2. The zero-order valence-corrected chi connectivity index (χ0v) is 15.4. The summed E-state index contributed by atoms with van der Waals surface area (Å²) in [5.74, 6) is -1.11. The molecule has 4 rings (SSSR count). The number of carbonyl (C=O) groups is 2. The molecular formula is C23H17N3O3. The van der Waals surface area contributed by atoms with Crippen molar-refractivity contribution >= 4 is 23.1 Å². The van der Waals surface area contributed by atoms with E-state index in [0.717, 1.165) is 28.1 Å². The highest BCUT2D eigenvalue weighted by atomic mass is 16.4. The smallest absolute Gasteiger partial charge is 0.335 e. The fourth-order valence-electron chi connectivity index (χ4n) is 3.38. The number of carboxylic acid groups (broad SMARTS) is 1. The molecule has 0 radical (unpaired) electrons. The number of hydrogen-bond donors (Lipinski definition) is 2. The fourth-order valence-corrected chi connectivity index (χ4v) is 3.38. The maximum atomic E-state index is 12.5. The van der Waals surface area contributed by atoms with Crippen LogP contribution in [0.4, 0.5) is 5.69 Å². The second-order valence-corrected chi connectivity index (χ2v) is 6.80. The highest BCUT2D eigenvalue weighted by Crippen LogP contribution is 2.30. The molecule has 0 saturated carbocycles. The lowest BCUT2D eigenvalue weighted by molar-refractivity contribution is -0.118. The van der Waals surface area contributed by atoms with Crippen molar-refractivity contribution in [3.05, 3.63) is 94.8 Å². The van der Waals surface area contributed by atoms with Gasteiger partial charge in [0.05, 0.1) is 17.2 Å². The number of nitriles is 1. The molecule has 6 heteroatoms. The van der Waals surface area contributed by atoms with Gasteiger partial charge in [0.25, 0.3) is 0 Å². The summed E-state index contributed by atoms with van der Waals surface area (Å²) in [4.78, 5) is 25.3. The molecule has 29 heavy (non-hydrogen) atoms. The first-order chi connectivity index (χ1) is 14.0. The molecule has 0 spiro atoms. The monoisotopic (exact) mass is 383 g/mol. The number of aromatic carboxylic acids is 1. The summed E-state index contributed by atoms with van der Waals surface area (Å²) in [5, 5.41) is 21.1. The van der Waals surface area contributed by atoms with Crippen LogP contribution < -0.4 is 10.2 Å². The highest BCUT2D eigenvalue weighted by Gasteiger charge is 2.22. The summed E-state index contributed by atoms with van der Waals surface area (Å²) in [6.07, 6.45) is 6.50. The van der Waals surface area contributed by atoms with Gasteiger partial charge < -0.3 is 15.3 Å². The SMILES string of the molecule is N#Cc1cccc(N2C=C3CC=C(c4ccc(C(=O)O)cc4)C=C3NC(=O)C2)c1. The van der Waals surface area contributed by atoms with Crippen LogP contribution in [0.15, 0.2) is 78.2 Å². The van der Waals surface area contributed by atoms with E-state index in [1.165, 1.54) is 0 Å². The van der Waals surface area contributed by atoms with Gasteiger partial charge >= 0.3 is 5.97 Å². The van der Waals surface area contributed by atoms with Gasteiger partial charge in [-0.2, -0.15) is 5.26 Å². The second kappa shape index (κ2) is 7.49. The van der Waals surface area contributed by atoms with Gasteiger partial charge in [-0.25, -0.2) is 4.79 Å². The summed E-state index contributed by atoms with van der Waals surface area (Å²) in [6, 6.07) is 15.9. The molecule has 1 aliphatic carbocycles. The number of amides is 1. The molecule has 1 amide bonds. The predicted octanol–water partition coefficient (Wildman–Crippen LogP) is 3.45. The summed E-state index contributed by atoms with van der Waals surface area (Å²) in [6.45, 7) is 0.151. The molecule has 142 valence electrons. The van der Waals surface area contributed by atoms with Crippen LogP contribution in [0.2, 0.25) is 0 Å². The second-order valence-electron chi connectivity index (χ2n) is 6.80. The van der Waals surface area contributed by atoms with Crippen LogP contribution in [0, 0.1) is 11.3 Å². The summed E-state index contributed by atoms with van der Waals surface area (Å²) in [5.41, 5.74) is 5.06. The van der Waals surface area contributed by atoms with Gasteiger partial charge in [0, 0.05) is 17.6 Å². The Kier molecular flexibility index (Phi) is 4.71. The Balaban J connectivity index is 1.64. The van der Waals surface area contributed by atoms with E-state index in [9.17, 15) is 9.59 Å². The first kappa shape index (κ1) is 18.3. The van der Waals surface area contributed by atoms with Gasteiger partial charge in [-0.3, -0.25) is 4.79 Å². The zero-order chi connectivity index (χ0) is 20.4. The minimum absolute atomic E-state index is 0.146. The zero-order valence-electron chi connectivity index (χ0n) is 15.4. The largest absolute Gasteiger partial charge is 0.478 e. The van der Waals surface area contributed by atoms with Gasteiger partial charge in [0.2, 0.25) is 5.91 Å². The number of rotatable bonds is 3. The van der Waals surface area contributed by atoms with E-state index in [-0.39, 0.29) is 18.0 Å². The minimum Gasteiger partial charge on any atom is -0.478 e. The lowest BCUT2D eigenvalue weighted by Crippen LogP contribution is -2.31. The van der Waals surface area contributed by atoms with E-state index in [2.05, 4.69) is 11.4 Å². The number of hydrogen-bond acceptors (Lipinski definition) is 4. The molecule has 0 atom stereocenters. The Morgan fingerprint density at radius 3 is 2.69 bits per heavy atom. The first-order valence-electron chi connectivity index (χ1n) is 9.07. The molecule has 0 fully saturated rings. The van der Waals surface area contributed by atoms with Crippen molar-refractivity contribution < 1.29 is 14.7 Å². The summed E-state index contributed by atoms with van der Waals surface area (Å²) < 4.78 is 0. The first-order valence-corrected chi connectivity index (χ1v) is 9.07. The molecule has 2 aliphatic rings. The summed E-state index contributed by atoms with van der Waals surface area (Å²) in [7, 11) is 0. The third-order valence-corrected chi connectivity index (χ3v) is 4.86. The number of anilines is 1. The van der Waals surface area contributed by atoms with Crippen molar-refractivity contribution in [2.24, 2.45) is 0 Å². The van der Waals surface area contributed by atoms with E-state index in [1.807, 2.05) is 29.3 Å². The van der Waals surface area contributed by atoms with E-state index in [1.54, 1.807) is 42.5 Å². The molecule has 2 N–H and O–H groups in total. The molecule has 0 bridgehead atoms. The van der Waals surface area contributed by atoms with Crippen LogP contribution in [0.25, 0.3) is 5.57 Å². The minimum atomic E-state index is -0.964. The molecule has 0 saturated heterocycles. The van der Waals surface area contributed by atoms with Crippen molar-refractivity contribution in [3.63, 3.8) is 0 Å². The average molecular weight is 383 g/mol. The van der Waals surface area contributed by atoms with Crippen LogP contribution in [0.1, 0.15) is 27.9 Å². The van der Waals surface area contributed by atoms with Crippen LogP contribution in [-0.4, -0.2) is 23.5 Å². The van der Waals surface area contributed by atoms with Gasteiger partial charge in [-0.05, 0) is 59.5 Å². The van der Waals surface area contributed by atoms with E-state index in [0.29, 0.717) is 12.0 Å². The van der Waals surface area contributed by atoms with Crippen LogP contribution >= 0.6 is 0 Å². The Bertz CT molecular complexity index is 1130. The predicted molar refractivity (Wildman–Crippen MR) is 109 cm³/mol. The molecule has 2 aromatic rings. The topological polar surface area (TPSA) is 93.4 Å². The number of benzene rings is 2. The number of carbonyl (C=O) groups excluding carboxylic acids is 1. The maximum Gasteiger partial charge on any atom is 0.335 e. The summed E-state index contributed by atoms with van der Waals surface area (Å²) >= 11 is 0. The lowest BCUT2D eigenvalue weighted by Gasteiger charge is -2.19. The number of carboxylic acids is 1. The Labute approximate surface area is 167 Å². The van der Waals surface area contributed by atoms with Crippen molar-refractivity contribution in [1.82, 2.24) is 5.32 Å². The molecule has 1 aliphatic heterocycles. The Morgan fingerprint density at radius 1 is 1.17 bits per heavy atom. The fraction of sp³-hybridized carbons (Fsp3) is 0.0870. The highest BCUT2D eigenvalue weighted by molar-refractivity contribution is 5.90. The third kappa shape index (κ3) is 3.80. The van der Waals surface area contributed by atoms with Gasteiger partial charge in [-0.1, -0.05) is 24.3 Å². The van der Waals surface area contributed by atoms with E-state index >= 15 is 0 Å². The van der Waals surface area contributed by atoms with Gasteiger partial charge in [0.1, 0.15) is 6.54 Å². The van der Waals surface area contributed by atoms with E-state index < -0.39 is 5.97 Å². The molecule has 1 heterocycles. The van der Waals surface area contributed by atoms with Gasteiger partial charge in [0.15, 0.2) is 0 Å². The number of allylic oxidation sites excluding steroid dienone is 4. The average Bonchev–Trinajstić information content (AvgIpc) is 2.91. The van der Waals surface area contributed by atoms with E-state index in [4.69, 9.17) is 10.4 Å². The quantitative estimate of drug-likeness (QED) is 0.847. The Hall–Kier alpha value is -4.11. The lowest BCUT2D eigenvalue weighted by atomic mass is 9.94. The van der Waals surface area contributed by atoms with Crippen LogP contribution in [0.3, 0.4) is 0 Å². The normalized spacial score (nSPS) is 15.8. The molecular weight excluding hydrogens is 366 g/mol. The van der Waals surface area contributed by atoms with Crippen molar-refractivity contribution in [2.75, 3.05) is 11.4 Å². The molecule has 0 aromatic heterocycles. The third-order valence-electron chi connectivity index (χ3n) is 4.86. The van der Waals surface area contributed by atoms with Gasteiger partial charge in [-0.15, -0.1) is 0 Å². The molecule has 2 aromatic carbocycles. The molecule has 0 unspecified atom stereocenters. The maximum absolute atomic E-state index is 12.5. The molecule has 6 nitrogen and oxygen atoms in total. The Morgan fingerprint density at radius 2 is 1.97 bits per heavy atom. The number of fused-ring (bicyclic) bond motifs is 1. The van der Waals surface area contributed by atoms with Crippen molar-refractivity contribution in [3.8, 4) is 6.07 Å². The number of nitrogens with one attached hydrogen (secondary N) is 1. The van der Waals surface area contributed by atoms with Crippen molar-refractivity contribution in [1.29, 1.82) is 5.26 Å². The van der Waals surface area contributed by atoms with Crippen LogP contribution in [0.5, 0.6) is 0 Å². The standard InChI is InChI=1S/C23H17N3O3/c24-12-15-2-1-3-20(10-15)26-13-19-9-8-18(11-21(19)25-22(27)14-26)16-4-6-17(7-5-16)23(28)29/h1-8,10-11,13H,9,14H2,(H,25,27)(H,28,29).